The topological polar surface area (TPSA) is 109 Å². The van der Waals surface area contributed by atoms with Gasteiger partial charge in [0.1, 0.15) is 5.69 Å². The molecule has 2 saturated heterocycles. The van der Waals surface area contributed by atoms with Crippen LogP contribution in [0.1, 0.15) is 72.5 Å². The fourth-order valence-corrected chi connectivity index (χ4v) is 6.82. The van der Waals surface area contributed by atoms with Gasteiger partial charge in [0, 0.05) is 51.0 Å². The molecule has 6 rings (SSSR count). The van der Waals surface area contributed by atoms with Crippen LogP contribution in [0.25, 0.3) is 5.65 Å². The molecule has 256 valence electrons. The maximum atomic E-state index is 14.1. The lowest BCUT2D eigenvalue weighted by molar-refractivity contribution is -0.183. The Morgan fingerprint density at radius 3 is 2.53 bits per heavy atom. The zero-order valence-corrected chi connectivity index (χ0v) is 25.5. The molecule has 2 amide bonds. The van der Waals surface area contributed by atoms with Crippen molar-refractivity contribution in [1.29, 1.82) is 0 Å². The second kappa shape index (κ2) is 12.4. The van der Waals surface area contributed by atoms with E-state index in [1.807, 2.05) is 6.92 Å². The van der Waals surface area contributed by atoms with Crippen LogP contribution < -0.4 is 10.6 Å². The first-order valence-corrected chi connectivity index (χ1v) is 15.6. The number of halogens is 7. The highest BCUT2D eigenvalue weighted by Crippen LogP contribution is 2.42. The van der Waals surface area contributed by atoms with Gasteiger partial charge in [-0.15, -0.1) is 0 Å². The molecule has 3 aromatic rings. The summed E-state index contributed by atoms with van der Waals surface area (Å²) in [6, 6.07) is 2.33. The number of rotatable bonds is 9. The van der Waals surface area contributed by atoms with E-state index >= 15 is 0 Å². The summed E-state index contributed by atoms with van der Waals surface area (Å²) in [6.07, 6.45) is -2.61. The normalized spacial score (nSPS) is 24.1. The lowest BCUT2D eigenvalue weighted by Gasteiger charge is -2.39. The van der Waals surface area contributed by atoms with Gasteiger partial charge < -0.3 is 10.6 Å². The highest BCUT2D eigenvalue weighted by molar-refractivity contribution is 5.92. The van der Waals surface area contributed by atoms with E-state index in [-0.39, 0.29) is 55.7 Å². The molecule has 3 aromatic heterocycles. The standard InChI is InChI=1S/C30H35F7N8O2/c1-2-44-23(5-8-39-44)27(47)41-25(17-3-6-28(31,32)7-4-17)22-14-45-24(40-22)11-19(13-43-15-29(33,34)16-43)21(42-45)10-18-9-20(30(35,36)37)12-38-26(18)46/h5,8,11,14,17-18,20,25H,2-4,6-7,9-10,12-13,15-16H2,1H3,(H,38,46)(H,41,47)/t18-,20-,25+/m1/s1. The van der Waals surface area contributed by atoms with Crippen LogP contribution in [0.4, 0.5) is 30.7 Å². The summed E-state index contributed by atoms with van der Waals surface area (Å²) in [5.74, 6) is -9.89. The number of aryl methyl sites for hydroxylation is 1. The second-order valence-electron chi connectivity index (χ2n) is 12.9. The maximum Gasteiger partial charge on any atom is 0.393 e. The minimum Gasteiger partial charge on any atom is -0.355 e. The highest BCUT2D eigenvalue weighted by Gasteiger charge is 2.46. The molecule has 0 bridgehead atoms. The van der Waals surface area contributed by atoms with Crippen LogP contribution in [0.15, 0.2) is 24.5 Å². The zero-order valence-electron chi connectivity index (χ0n) is 25.5. The number of hydrogen-bond acceptors (Lipinski definition) is 6. The quantitative estimate of drug-likeness (QED) is 0.323. The van der Waals surface area contributed by atoms with Gasteiger partial charge in [0.15, 0.2) is 5.65 Å². The zero-order chi connectivity index (χ0) is 33.7. The second-order valence-corrected chi connectivity index (χ2v) is 12.9. The van der Waals surface area contributed by atoms with E-state index in [2.05, 4.69) is 25.8 Å². The first kappa shape index (κ1) is 33.2. The lowest BCUT2D eigenvalue weighted by atomic mass is 9.81. The Balaban J connectivity index is 1.34. The van der Waals surface area contributed by atoms with Crippen molar-refractivity contribution in [2.75, 3.05) is 19.6 Å². The van der Waals surface area contributed by atoms with Crippen molar-refractivity contribution in [3.63, 3.8) is 0 Å². The predicted molar refractivity (Wildman–Crippen MR) is 153 cm³/mol. The van der Waals surface area contributed by atoms with Crippen molar-refractivity contribution in [1.82, 2.24) is 39.9 Å². The van der Waals surface area contributed by atoms with Gasteiger partial charge in [-0.2, -0.15) is 23.4 Å². The number of carbonyl (C=O) groups is 2. The van der Waals surface area contributed by atoms with Crippen molar-refractivity contribution < 1.29 is 40.3 Å². The minimum absolute atomic E-state index is 0.00648. The van der Waals surface area contributed by atoms with E-state index in [1.54, 1.807) is 12.1 Å². The number of likely N-dealkylation sites (tertiary alicyclic amines) is 1. The molecule has 3 aliphatic rings. The van der Waals surface area contributed by atoms with Crippen molar-refractivity contribution in [3.8, 4) is 0 Å². The van der Waals surface area contributed by atoms with Gasteiger partial charge in [-0.3, -0.25) is 19.2 Å². The summed E-state index contributed by atoms with van der Waals surface area (Å²) in [5, 5.41) is 14.0. The van der Waals surface area contributed by atoms with Gasteiger partial charge in [-0.25, -0.2) is 27.1 Å². The lowest BCUT2D eigenvalue weighted by Crippen LogP contribution is -2.55. The maximum absolute atomic E-state index is 14.1. The van der Waals surface area contributed by atoms with E-state index in [9.17, 15) is 40.3 Å². The Bertz CT molecular complexity index is 1620. The number of nitrogens with zero attached hydrogens (tertiary/aromatic N) is 6. The molecule has 10 nitrogen and oxygen atoms in total. The van der Waals surface area contributed by atoms with Crippen LogP contribution in [0.2, 0.25) is 0 Å². The Morgan fingerprint density at radius 2 is 1.87 bits per heavy atom. The third kappa shape index (κ3) is 7.23. The third-order valence-corrected chi connectivity index (χ3v) is 9.39. The average Bonchev–Trinajstić information content (AvgIpc) is 3.62. The van der Waals surface area contributed by atoms with Crippen molar-refractivity contribution in [2.45, 2.75) is 82.6 Å². The Labute approximate surface area is 265 Å². The fraction of sp³-hybridized carbons (Fsp3) is 0.633. The number of piperidine rings is 1. The first-order chi connectivity index (χ1) is 22.1. The van der Waals surface area contributed by atoms with E-state index in [0.29, 0.717) is 17.8 Å². The summed E-state index contributed by atoms with van der Waals surface area (Å²) in [7, 11) is 0. The van der Waals surface area contributed by atoms with Crippen LogP contribution in [-0.2, 0) is 24.3 Å². The summed E-state index contributed by atoms with van der Waals surface area (Å²) in [4.78, 5) is 32.1. The molecule has 5 heterocycles. The van der Waals surface area contributed by atoms with Gasteiger partial charge >= 0.3 is 6.18 Å². The van der Waals surface area contributed by atoms with Gasteiger partial charge in [0.25, 0.3) is 11.8 Å². The molecule has 3 fully saturated rings. The van der Waals surface area contributed by atoms with Crippen molar-refractivity contribution >= 4 is 17.5 Å². The molecular formula is C30H35F7N8O2. The number of carbonyl (C=O) groups excluding carboxylic acids is 2. The first-order valence-electron chi connectivity index (χ1n) is 15.6. The van der Waals surface area contributed by atoms with Gasteiger partial charge in [-0.05, 0) is 49.8 Å². The van der Waals surface area contributed by atoms with Gasteiger partial charge in [0.05, 0.1) is 42.6 Å². The molecule has 0 unspecified atom stereocenters. The highest BCUT2D eigenvalue weighted by atomic mass is 19.4. The number of nitrogens with one attached hydrogen (secondary N) is 2. The molecular weight excluding hydrogens is 637 g/mol. The predicted octanol–water partition coefficient (Wildman–Crippen LogP) is 4.55. The fourth-order valence-electron chi connectivity index (χ4n) is 6.82. The molecule has 0 aromatic carbocycles. The molecule has 3 atom stereocenters. The number of hydrogen-bond donors (Lipinski definition) is 2. The summed E-state index contributed by atoms with van der Waals surface area (Å²) in [6.45, 7) is 0.705. The smallest absolute Gasteiger partial charge is 0.355 e. The van der Waals surface area contributed by atoms with Crippen molar-refractivity contribution in [3.05, 3.63) is 47.2 Å². The molecule has 1 aliphatic carbocycles. The Kier molecular flexibility index (Phi) is 8.72. The largest absolute Gasteiger partial charge is 0.393 e. The summed E-state index contributed by atoms with van der Waals surface area (Å²) >= 11 is 0. The number of imidazole rings is 1. The van der Waals surface area contributed by atoms with Crippen LogP contribution in [-0.4, -0.2) is 78.7 Å². The monoisotopic (exact) mass is 672 g/mol. The van der Waals surface area contributed by atoms with Crippen LogP contribution in [0.3, 0.4) is 0 Å². The van der Waals surface area contributed by atoms with Gasteiger partial charge in [0.2, 0.25) is 11.8 Å². The van der Waals surface area contributed by atoms with Crippen LogP contribution >= 0.6 is 0 Å². The van der Waals surface area contributed by atoms with Gasteiger partial charge in [-0.1, -0.05) is 0 Å². The number of amides is 2. The van der Waals surface area contributed by atoms with E-state index in [0.717, 1.165) is 0 Å². The average molecular weight is 673 g/mol. The minimum atomic E-state index is -4.51. The summed E-state index contributed by atoms with van der Waals surface area (Å²) in [5.41, 5.74) is 1.56. The van der Waals surface area contributed by atoms with E-state index in [4.69, 9.17) is 0 Å². The molecule has 0 radical (unpaired) electrons. The van der Waals surface area contributed by atoms with E-state index < -0.39 is 79.7 Å². The molecule has 17 heteroatoms. The molecule has 47 heavy (non-hydrogen) atoms. The molecule has 1 saturated carbocycles. The van der Waals surface area contributed by atoms with Crippen LogP contribution in [0, 0.1) is 17.8 Å². The number of fused-ring (bicyclic) bond motifs is 1. The van der Waals surface area contributed by atoms with E-state index in [1.165, 1.54) is 26.5 Å². The molecule has 2 N–H and O–H groups in total. The Morgan fingerprint density at radius 1 is 1.15 bits per heavy atom. The van der Waals surface area contributed by atoms with Crippen molar-refractivity contribution in [2.24, 2.45) is 17.8 Å². The van der Waals surface area contributed by atoms with Crippen LogP contribution in [0.5, 0.6) is 0 Å². The molecule has 2 aliphatic heterocycles. The summed E-state index contributed by atoms with van der Waals surface area (Å²) < 4.78 is 99.0. The SMILES string of the molecule is CCn1nccc1C(=O)N[C@H](c1cn2nc(C[C@H]3C[C@@H](C(F)(F)F)CNC3=O)c(CN3CC(F)(F)C3)cc2n1)C1CCC(F)(F)CC1. The number of aromatic nitrogens is 5. The molecule has 0 spiro atoms. The third-order valence-electron chi connectivity index (χ3n) is 9.39. The number of alkyl halides is 7. The Hall–Kier alpha value is -3.76.